The second kappa shape index (κ2) is 7.44. The van der Waals surface area contributed by atoms with Gasteiger partial charge in [-0.1, -0.05) is 28.9 Å². The number of amides is 2. The smallest absolute Gasteiger partial charge is 0.322 e. The number of aromatic nitrogens is 1. The first-order valence-electron chi connectivity index (χ1n) is 8.79. The number of benzene rings is 2. The van der Waals surface area contributed by atoms with E-state index in [9.17, 15) is 18.0 Å². The average molecular weight is 422 g/mol. The zero-order valence-corrected chi connectivity index (χ0v) is 15.9. The predicted molar refractivity (Wildman–Crippen MR) is 101 cm³/mol. The van der Waals surface area contributed by atoms with Gasteiger partial charge >= 0.3 is 6.03 Å². The zero-order chi connectivity index (χ0) is 20.7. The van der Waals surface area contributed by atoms with E-state index in [0.29, 0.717) is 17.2 Å². The molecule has 0 spiro atoms. The normalized spacial score (nSPS) is 15.9. The Labute approximate surface area is 169 Å². The van der Waals surface area contributed by atoms with Crippen LogP contribution in [0.25, 0.3) is 11.3 Å². The van der Waals surface area contributed by atoms with Gasteiger partial charge in [0.1, 0.15) is 0 Å². The van der Waals surface area contributed by atoms with Crippen LogP contribution in [0.1, 0.15) is 18.2 Å². The lowest BCUT2D eigenvalue weighted by atomic mass is 9.97. The standard InChI is InChI=1S/C20H15ClF3N3O2/c1-10-5-17-14(19(29-26-17)11-3-2-4-12(21)6-11)9-27(10)20(28)25-13-7-15(22)18(24)16(23)8-13/h2-4,6-8,10H,5,9H2,1H3,(H,25,28)/t10-/m0/s1. The predicted octanol–water partition coefficient (Wildman–Crippen LogP) is 5.39. The first kappa shape index (κ1) is 19.3. The molecule has 1 N–H and O–H groups in total. The molecule has 0 bridgehead atoms. The Morgan fingerprint density at radius 1 is 1.24 bits per heavy atom. The molecule has 5 nitrogen and oxygen atoms in total. The van der Waals surface area contributed by atoms with E-state index in [4.69, 9.17) is 16.1 Å². The molecule has 3 aromatic rings. The molecule has 9 heteroatoms. The molecule has 0 radical (unpaired) electrons. The molecule has 2 heterocycles. The highest BCUT2D eigenvalue weighted by Gasteiger charge is 2.32. The number of fused-ring (bicyclic) bond motifs is 1. The minimum Gasteiger partial charge on any atom is -0.356 e. The van der Waals surface area contributed by atoms with Crippen LogP contribution in [0.2, 0.25) is 5.02 Å². The van der Waals surface area contributed by atoms with Crippen molar-refractivity contribution < 1.29 is 22.5 Å². The summed E-state index contributed by atoms with van der Waals surface area (Å²) < 4.78 is 45.5. The molecule has 150 valence electrons. The van der Waals surface area contributed by atoms with Crippen LogP contribution in [0.5, 0.6) is 0 Å². The molecule has 2 aromatic carbocycles. The van der Waals surface area contributed by atoms with Gasteiger partial charge in [0.2, 0.25) is 0 Å². The second-order valence-corrected chi connectivity index (χ2v) is 7.25. The van der Waals surface area contributed by atoms with E-state index in [1.54, 1.807) is 18.2 Å². The molecule has 0 saturated heterocycles. The van der Waals surface area contributed by atoms with Gasteiger partial charge in [0.05, 0.1) is 12.2 Å². The number of hydrogen-bond acceptors (Lipinski definition) is 3. The van der Waals surface area contributed by atoms with E-state index < -0.39 is 23.5 Å². The third kappa shape index (κ3) is 3.67. The van der Waals surface area contributed by atoms with E-state index in [1.807, 2.05) is 13.0 Å². The van der Waals surface area contributed by atoms with Gasteiger partial charge in [0.25, 0.3) is 0 Å². The van der Waals surface area contributed by atoms with Crippen molar-refractivity contribution in [3.8, 4) is 11.3 Å². The molecular weight excluding hydrogens is 407 g/mol. The number of nitrogens with zero attached hydrogens (tertiary/aromatic N) is 2. The van der Waals surface area contributed by atoms with Gasteiger partial charge in [0.15, 0.2) is 23.2 Å². The van der Waals surface area contributed by atoms with Crippen molar-refractivity contribution in [2.75, 3.05) is 5.32 Å². The first-order valence-corrected chi connectivity index (χ1v) is 9.17. The molecule has 2 amide bonds. The lowest BCUT2D eigenvalue weighted by Gasteiger charge is -2.32. The maximum Gasteiger partial charge on any atom is 0.322 e. The number of anilines is 1. The third-order valence-corrected chi connectivity index (χ3v) is 5.04. The molecule has 4 rings (SSSR count). The van der Waals surface area contributed by atoms with Crippen LogP contribution in [0.3, 0.4) is 0 Å². The maximum absolute atomic E-state index is 13.4. The fourth-order valence-electron chi connectivity index (χ4n) is 3.33. The number of rotatable bonds is 2. The molecule has 0 aliphatic carbocycles. The lowest BCUT2D eigenvalue weighted by Crippen LogP contribution is -2.44. The molecule has 0 unspecified atom stereocenters. The van der Waals surface area contributed by atoms with Crippen molar-refractivity contribution in [1.82, 2.24) is 10.1 Å². The van der Waals surface area contributed by atoms with Gasteiger partial charge in [-0.05, 0) is 19.1 Å². The van der Waals surface area contributed by atoms with Crippen molar-refractivity contribution in [2.24, 2.45) is 0 Å². The van der Waals surface area contributed by atoms with Crippen LogP contribution in [0, 0.1) is 17.5 Å². The zero-order valence-electron chi connectivity index (χ0n) is 15.2. The van der Waals surface area contributed by atoms with Crippen molar-refractivity contribution in [2.45, 2.75) is 25.9 Å². The first-order chi connectivity index (χ1) is 13.8. The van der Waals surface area contributed by atoms with Crippen LogP contribution in [-0.4, -0.2) is 22.1 Å². The van der Waals surface area contributed by atoms with E-state index in [1.165, 1.54) is 4.90 Å². The van der Waals surface area contributed by atoms with Gasteiger partial charge < -0.3 is 14.7 Å². The van der Waals surface area contributed by atoms with E-state index in [2.05, 4.69) is 10.5 Å². The summed E-state index contributed by atoms with van der Waals surface area (Å²) in [5.74, 6) is -3.84. The maximum atomic E-state index is 13.4. The molecule has 1 aliphatic heterocycles. The molecule has 0 saturated carbocycles. The molecule has 1 atom stereocenters. The summed E-state index contributed by atoms with van der Waals surface area (Å²) in [5.41, 5.74) is 2.01. The van der Waals surface area contributed by atoms with E-state index >= 15 is 0 Å². The summed E-state index contributed by atoms with van der Waals surface area (Å²) in [4.78, 5) is 14.2. The van der Waals surface area contributed by atoms with Gasteiger partial charge in [-0.25, -0.2) is 18.0 Å². The highest BCUT2D eigenvalue weighted by atomic mass is 35.5. The molecule has 1 aromatic heterocycles. The highest BCUT2D eigenvalue weighted by Crippen LogP contribution is 2.33. The van der Waals surface area contributed by atoms with E-state index in [-0.39, 0.29) is 18.3 Å². The largest absolute Gasteiger partial charge is 0.356 e. The van der Waals surface area contributed by atoms with Crippen LogP contribution in [0.4, 0.5) is 23.7 Å². The number of urea groups is 1. The number of nitrogens with one attached hydrogen (secondary N) is 1. The fourth-order valence-corrected chi connectivity index (χ4v) is 3.52. The van der Waals surface area contributed by atoms with Crippen LogP contribution in [-0.2, 0) is 13.0 Å². The topological polar surface area (TPSA) is 58.4 Å². The second-order valence-electron chi connectivity index (χ2n) is 6.81. The number of carbonyl (C=O) groups is 1. The van der Waals surface area contributed by atoms with Crippen molar-refractivity contribution in [3.63, 3.8) is 0 Å². The monoisotopic (exact) mass is 421 g/mol. The Morgan fingerprint density at radius 2 is 1.97 bits per heavy atom. The Hall–Kier alpha value is -3.00. The summed E-state index contributed by atoms with van der Waals surface area (Å²) in [6.45, 7) is 2.00. The Kier molecular flexibility index (Phi) is 4.96. The van der Waals surface area contributed by atoms with Crippen LogP contribution >= 0.6 is 11.6 Å². The fraction of sp³-hybridized carbons (Fsp3) is 0.200. The molecule has 1 aliphatic rings. The Bertz CT molecular complexity index is 1080. The minimum atomic E-state index is -1.59. The van der Waals surface area contributed by atoms with Crippen molar-refractivity contribution >= 4 is 23.3 Å². The summed E-state index contributed by atoms with van der Waals surface area (Å²) in [5, 5.41) is 7.05. The lowest BCUT2D eigenvalue weighted by molar-refractivity contribution is 0.182. The molecule has 0 fully saturated rings. The minimum absolute atomic E-state index is 0.176. The quantitative estimate of drug-likeness (QED) is 0.564. The summed E-state index contributed by atoms with van der Waals surface area (Å²) in [6, 6.07) is 7.70. The van der Waals surface area contributed by atoms with Crippen molar-refractivity contribution in [3.05, 3.63) is 70.1 Å². The summed E-state index contributed by atoms with van der Waals surface area (Å²) >= 11 is 6.05. The van der Waals surface area contributed by atoms with Crippen molar-refractivity contribution in [1.29, 1.82) is 0 Å². The average Bonchev–Trinajstić information content (AvgIpc) is 3.08. The Balaban J connectivity index is 1.60. The highest BCUT2D eigenvalue weighted by molar-refractivity contribution is 6.30. The Morgan fingerprint density at radius 3 is 2.66 bits per heavy atom. The molecular formula is C20H15ClF3N3O2. The van der Waals surface area contributed by atoms with Gasteiger partial charge in [-0.2, -0.15) is 0 Å². The number of halogens is 4. The van der Waals surface area contributed by atoms with Gasteiger partial charge in [-0.3, -0.25) is 0 Å². The summed E-state index contributed by atoms with van der Waals surface area (Å²) in [6.07, 6.45) is 0.443. The number of hydrogen-bond donors (Lipinski definition) is 1. The summed E-state index contributed by atoms with van der Waals surface area (Å²) in [7, 11) is 0. The molecule has 29 heavy (non-hydrogen) atoms. The number of carbonyl (C=O) groups excluding carboxylic acids is 1. The van der Waals surface area contributed by atoms with Crippen LogP contribution in [0.15, 0.2) is 40.9 Å². The van der Waals surface area contributed by atoms with Gasteiger partial charge in [0, 0.05) is 46.4 Å². The third-order valence-electron chi connectivity index (χ3n) is 4.80. The van der Waals surface area contributed by atoms with Gasteiger partial charge in [-0.15, -0.1) is 0 Å². The van der Waals surface area contributed by atoms with E-state index in [0.717, 1.165) is 29.0 Å². The van der Waals surface area contributed by atoms with Crippen LogP contribution < -0.4 is 5.32 Å². The SMILES string of the molecule is C[C@H]1Cc2noc(-c3cccc(Cl)c3)c2CN1C(=O)Nc1cc(F)c(F)c(F)c1.